The van der Waals surface area contributed by atoms with E-state index in [1.807, 2.05) is 6.07 Å². The van der Waals surface area contributed by atoms with Crippen molar-refractivity contribution < 1.29 is 34.8 Å². The second-order valence-electron chi connectivity index (χ2n) is 7.88. The lowest BCUT2D eigenvalue weighted by molar-refractivity contribution is -0.147. The number of nitrogens with zero attached hydrogens (tertiary/aromatic N) is 4. The Balaban J connectivity index is 1.90. The van der Waals surface area contributed by atoms with Crippen molar-refractivity contribution in [1.82, 2.24) is 19.3 Å². The van der Waals surface area contributed by atoms with E-state index in [9.17, 15) is 40.0 Å². The molecule has 0 bridgehead atoms. The van der Waals surface area contributed by atoms with Gasteiger partial charge in [0.1, 0.15) is 22.7 Å². The number of aryl methyl sites for hydroxylation is 1. The minimum Gasteiger partial charge on any atom is -0.291 e. The molecule has 0 radical (unpaired) electrons. The van der Waals surface area contributed by atoms with Crippen molar-refractivity contribution >= 4 is 26.8 Å². The Morgan fingerprint density at radius 2 is 1.83 bits per heavy atom. The van der Waals surface area contributed by atoms with E-state index in [4.69, 9.17) is 0 Å². The van der Waals surface area contributed by atoms with Gasteiger partial charge >= 0.3 is 12.4 Å². The number of fused-ring (bicyclic) bond motifs is 1. The Hall–Kier alpha value is -3.70. The number of pyridine rings is 2. The Morgan fingerprint density at radius 1 is 1.17 bits per heavy atom. The van der Waals surface area contributed by atoms with Gasteiger partial charge in [0.2, 0.25) is 10.0 Å². The zero-order valence-electron chi connectivity index (χ0n) is 18.4. The quantitative estimate of drug-likeness (QED) is 0.474. The van der Waals surface area contributed by atoms with Crippen molar-refractivity contribution in [2.45, 2.75) is 37.1 Å². The lowest BCUT2D eigenvalue weighted by Crippen LogP contribution is -2.43. The summed E-state index contributed by atoms with van der Waals surface area (Å²) in [7, 11) is -4.62. The number of alkyl halides is 6. The molecule has 1 atom stereocenters. The molecule has 14 heteroatoms. The van der Waals surface area contributed by atoms with Crippen LogP contribution in [0, 0.1) is 18.3 Å². The number of allylic oxidation sites excluding steroid dienone is 4. The molecule has 4 rings (SSSR count). The van der Waals surface area contributed by atoms with Crippen molar-refractivity contribution in [2.24, 2.45) is 0 Å². The molecule has 1 aliphatic carbocycles. The third-order valence-corrected chi connectivity index (χ3v) is 7.11. The lowest BCUT2D eigenvalue weighted by atomic mass is 10.1. The van der Waals surface area contributed by atoms with Crippen LogP contribution in [0.15, 0.2) is 47.5 Å². The molecule has 3 aromatic heterocycles. The van der Waals surface area contributed by atoms with Crippen LogP contribution in [0.2, 0.25) is 0 Å². The van der Waals surface area contributed by atoms with Gasteiger partial charge in [0.25, 0.3) is 0 Å². The molecular weight excluding hydrogens is 512 g/mol. The monoisotopic (exact) mass is 527 g/mol. The molecule has 188 valence electrons. The Bertz CT molecular complexity index is 1590. The van der Waals surface area contributed by atoms with Gasteiger partial charge in [0.05, 0.1) is 28.2 Å². The third kappa shape index (κ3) is 4.35. The van der Waals surface area contributed by atoms with Crippen LogP contribution in [0.4, 0.5) is 26.3 Å². The number of aromatic nitrogens is 3. The fourth-order valence-electron chi connectivity index (χ4n) is 3.59. The molecule has 0 saturated heterocycles. The van der Waals surface area contributed by atoms with Gasteiger partial charge in [-0.1, -0.05) is 6.08 Å². The molecule has 0 unspecified atom stereocenters. The molecule has 0 aromatic carbocycles. The van der Waals surface area contributed by atoms with E-state index >= 15 is 0 Å². The summed E-state index contributed by atoms with van der Waals surface area (Å²) in [5, 5.41) is 9.74. The Morgan fingerprint density at radius 3 is 2.33 bits per heavy atom. The highest BCUT2D eigenvalue weighted by Crippen LogP contribution is 2.39. The molecule has 0 aliphatic heterocycles. The van der Waals surface area contributed by atoms with Gasteiger partial charge in [0.15, 0.2) is 0 Å². The van der Waals surface area contributed by atoms with Gasteiger partial charge in [-0.3, -0.25) is 9.55 Å². The van der Waals surface area contributed by atoms with Crippen molar-refractivity contribution in [3.05, 3.63) is 59.4 Å². The molecule has 0 spiro atoms. The highest BCUT2D eigenvalue weighted by molar-refractivity contribution is 7.89. The average molecular weight is 527 g/mol. The average Bonchev–Trinajstić information content (AvgIpc) is 3.04. The van der Waals surface area contributed by atoms with Crippen LogP contribution in [-0.4, -0.2) is 35.2 Å². The number of hydrogen-bond donors (Lipinski definition) is 1. The zero-order valence-corrected chi connectivity index (χ0v) is 19.2. The first kappa shape index (κ1) is 25.4. The van der Waals surface area contributed by atoms with E-state index in [0.717, 1.165) is 12.1 Å². The van der Waals surface area contributed by atoms with Crippen LogP contribution in [0.1, 0.15) is 23.7 Å². The molecule has 1 aliphatic rings. The Kier molecular flexibility index (Phi) is 5.96. The van der Waals surface area contributed by atoms with E-state index in [2.05, 4.69) is 9.97 Å². The van der Waals surface area contributed by atoms with Crippen LogP contribution in [0.25, 0.3) is 28.1 Å². The second kappa shape index (κ2) is 8.45. The smallest absolute Gasteiger partial charge is 0.291 e. The van der Waals surface area contributed by atoms with E-state index in [1.165, 1.54) is 22.3 Å². The molecule has 0 saturated carbocycles. The van der Waals surface area contributed by atoms with Crippen LogP contribution in [0.5, 0.6) is 0 Å². The van der Waals surface area contributed by atoms with Crippen molar-refractivity contribution in [3.8, 4) is 17.5 Å². The van der Waals surface area contributed by atoms with Gasteiger partial charge in [-0.05, 0) is 44.2 Å². The first-order chi connectivity index (χ1) is 16.6. The standard InChI is InChI=1S/C22H15F6N5O2S/c1-11-18(36(34,35)32-12(2)21(23,24)25)7-6-17(31-11)19-16(9-29)15-8-13(22(26,27)28)10-30-20(15)33(19)14-4-3-5-14/h3-8,10,12,32H,1-2H3/t12-/m0/s1. The molecule has 1 N–H and O–H groups in total. The normalized spacial score (nSPS) is 14.9. The van der Waals surface area contributed by atoms with E-state index in [0.29, 0.717) is 18.8 Å². The van der Waals surface area contributed by atoms with E-state index in [-0.39, 0.29) is 33.7 Å². The SMILES string of the molecule is Cc1nc(-c2c(C#N)c3cc(C(F)(F)F)cnc3n2C2=CC=C2)ccc1S(=O)(=O)N[C@@H](C)C(F)(F)F. The van der Waals surface area contributed by atoms with E-state index < -0.39 is 38.9 Å². The number of nitriles is 1. The molecule has 7 nitrogen and oxygen atoms in total. The molecule has 3 heterocycles. The number of hydrogen-bond acceptors (Lipinski definition) is 5. The summed E-state index contributed by atoms with van der Waals surface area (Å²) in [5.41, 5.74) is -0.835. The van der Waals surface area contributed by atoms with Crippen molar-refractivity contribution in [3.63, 3.8) is 0 Å². The zero-order chi connectivity index (χ0) is 26.6. The van der Waals surface area contributed by atoms with Gasteiger partial charge < -0.3 is 0 Å². The fraction of sp³-hybridized carbons (Fsp3) is 0.227. The predicted octanol–water partition coefficient (Wildman–Crippen LogP) is 4.94. The number of rotatable bonds is 5. The van der Waals surface area contributed by atoms with Gasteiger partial charge in [-0.25, -0.2) is 13.4 Å². The van der Waals surface area contributed by atoms with Crippen LogP contribution < -0.4 is 4.72 Å². The maximum Gasteiger partial charge on any atom is 0.417 e. The lowest BCUT2D eigenvalue weighted by Gasteiger charge is -2.18. The summed E-state index contributed by atoms with van der Waals surface area (Å²) < 4.78 is 107. The Labute approximate surface area is 200 Å². The number of halogens is 6. The molecule has 0 amide bonds. The first-order valence-electron chi connectivity index (χ1n) is 10.1. The van der Waals surface area contributed by atoms with Crippen molar-refractivity contribution in [1.29, 1.82) is 5.26 Å². The minimum atomic E-state index is -4.82. The maximum absolute atomic E-state index is 13.3. The summed E-state index contributed by atoms with van der Waals surface area (Å²) in [5.74, 6) is 0. The summed E-state index contributed by atoms with van der Waals surface area (Å²) >= 11 is 0. The molecular formula is C22H15F6N5O2S. The first-order valence-corrected chi connectivity index (χ1v) is 11.6. The number of nitrogens with one attached hydrogen (secondary N) is 1. The van der Waals surface area contributed by atoms with Crippen LogP contribution >= 0.6 is 0 Å². The van der Waals surface area contributed by atoms with Gasteiger partial charge in [-0.15, -0.1) is 0 Å². The van der Waals surface area contributed by atoms with Gasteiger partial charge in [-0.2, -0.15) is 36.3 Å². The van der Waals surface area contributed by atoms with Crippen LogP contribution in [0.3, 0.4) is 0 Å². The summed E-state index contributed by atoms with van der Waals surface area (Å²) in [4.78, 5) is 7.57. The molecule has 0 fully saturated rings. The molecule has 3 aromatic rings. The summed E-state index contributed by atoms with van der Waals surface area (Å²) in [6.45, 7) is 1.90. The highest BCUT2D eigenvalue weighted by atomic mass is 32.2. The minimum absolute atomic E-state index is 0.0135. The van der Waals surface area contributed by atoms with Gasteiger partial charge in [0, 0.05) is 17.3 Å². The largest absolute Gasteiger partial charge is 0.417 e. The van der Waals surface area contributed by atoms with Crippen LogP contribution in [-0.2, 0) is 16.2 Å². The second-order valence-corrected chi connectivity index (χ2v) is 9.56. The fourth-order valence-corrected chi connectivity index (χ4v) is 4.99. The maximum atomic E-state index is 13.3. The van der Waals surface area contributed by atoms with E-state index in [1.54, 1.807) is 18.2 Å². The summed E-state index contributed by atoms with van der Waals surface area (Å²) in [6.07, 6.45) is -3.99. The summed E-state index contributed by atoms with van der Waals surface area (Å²) in [6, 6.07) is 2.49. The topological polar surface area (TPSA) is 101 Å². The number of sulfonamides is 1. The predicted molar refractivity (Wildman–Crippen MR) is 117 cm³/mol. The highest BCUT2D eigenvalue weighted by Gasteiger charge is 2.39. The third-order valence-electron chi connectivity index (χ3n) is 5.43. The van der Waals surface area contributed by atoms with Crippen molar-refractivity contribution in [2.75, 3.05) is 0 Å². The molecule has 36 heavy (non-hydrogen) atoms.